The molecule has 0 bridgehead atoms. The van der Waals surface area contributed by atoms with Crippen molar-refractivity contribution < 1.29 is 12.6 Å². The molecule has 1 atom stereocenters. The molecular formula is C20H15BrO3S. The van der Waals surface area contributed by atoms with Crippen LogP contribution in [0.25, 0.3) is 11.1 Å². The first-order valence-electron chi connectivity index (χ1n) is 7.90. The van der Waals surface area contributed by atoms with Gasteiger partial charge < -0.3 is 0 Å². The van der Waals surface area contributed by atoms with E-state index in [1.807, 2.05) is 36.4 Å². The third-order valence-electron chi connectivity index (χ3n) is 4.45. The van der Waals surface area contributed by atoms with Gasteiger partial charge in [-0.3, -0.25) is 4.18 Å². The lowest BCUT2D eigenvalue weighted by Gasteiger charge is -2.14. The molecule has 3 aromatic rings. The van der Waals surface area contributed by atoms with Crippen LogP contribution < -0.4 is 0 Å². The highest BCUT2D eigenvalue weighted by Gasteiger charge is 2.31. The molecule has 5 heteroatoms. The van der Waals surface area contributed by atoms with Crippen LogP contribution in [0.15, 0.2) is 82.2 Å². The standard InChI is InChI=1S/C20H15BrO3S/c21-19-12-6-11-17-18(15-9-4-5-10-16(15)20(17)19)13-24-25(22,23)14-7-2-1-3-8-14/h1-12,18H,13H2. The van der Waals surface area contributed by atoms with Crippen LogP contribution in [0.3, 0.4) is 0 Å². The number of halogens is 1. The van der Waals surface area contributed by atoms with Crippen molar-refractivity contribution in [2.75, 3.05) is 6.61 Å². The van der Waals surface area contributed by atoms with Crippen LogP contribution in [0.5, 0.6) is 0 Å². The molecule has 0 heterocycles. The maximum absolute atomic E-state index is 12.4. The highest BCUT2D eigenvalue weighted by Crippen LogP contribution is 2.48. The fraction of sp³-hybridized carbons (Fsp3) is 0.100. The summed E-state index contributed by atoms with van der Waals surface area (Å²) in [5, 5.41) is 0. The summed E-state index contributed by atoms with van der Waals surface area (Å²) in [6.45, 7) is 0.0810. The summed E-state index contributed by atoms with van der Waals surface area (Å²) in [6, 6.07) is 22.3. The van der Waals surface area contributed by atoms with E-state index < -0.39 is 10.1 Å². The fourth-order valence-corrected chi connectivity index (χ4v) is 4.84. The largest absolute Gasteiger partial charge is 0.297 e. The van der Waals surface area contributed by atoms with Gasteiger partial charge in [-0.15, -0.1) is 0 Å². The second-order valence-electron chi connectivity index (χ2n) is 5.90. The average Bonchev–Trinajstić information content (AvgIpc) is 2.96. The van der Waals surface area contributed by atoms with E-state index in [0.717, 1.165) is 26.7 Å². The molecule has 1 aliphatic carbocycles. The monoisotopic (exact) mass is 414 g/mol. The van der Waals surface area contributed by atoms with Crippen LogP contribution in [-0.4, -0.2) is 15.0 Å². The molecule has 3 nitrogen and oxygen atoms in total. The van der Waals surface area contributed by atoms with Gasteiger partial charge in [0.1, 0.15) is 0 Å². The average molecular weight is 415 g/mol. The summed E-state index contributed by atoms with van der Waals surface area (Å²) in [4.78, 5) is 0.177. The van der Waals surface area contributed by atoms with Gasteiger partial charge in [-0.05, 0) is 34.9 Å². The number of hydrogen-bond acceptors (Lipinski definition) is 3. The maximum atomic E-state index is 12.4. The van der Waals surface area contributed by atoms with Gasteiger partial charge in [-0.2, -0.15) is 8.42 Å². The third-order valence-corrected chi connectivity index (χ3v) is 6.41. The third kappa shape index (κ3) is 2.92. The SMILES string of the molecule is O=S(=O)(OCC1c2ccccc2-c2c(Br)cccc21)c1ccccc1. The van der Waals surface area contributed by atoms with Crippen molar-refractivity contribution in [3.05, 3.63) is 88.4 Å². The maximum Gasteiger partial charge on any atom is 0.297 e. The second kappa shape index (κ2) is 6.41. The molecule has 0 amide bonds. The number of rotatable bonds is 4. The highest BCUT2D eigenvalue weighted by molar-refractivity contribution is 9.10. The van der Waals surface area contributed by atoms with Crippen LogP contribution in [0, 0.1) is 0 Å². The Bertz CT molecular complexity index is 1030. The molecule has 1 aliphatic rings. The van der Waals surface area contributed by atoms with E-state index in [1.54, 1.807) is 30.3 Å². The van der Waals surface area contributed by atoms with Crippen molar-refractivity contribution in [1.82, 2.24) is 0 Å². The Morgan fingerprint density at radius 1 is 0.840 bits per heavy atom. The van der Waals surface area contributed by atoms with E-state index in [1.165, 1.54) is 0 Å². The zero-order valence-corrected chi connectivity index (χ0v) is 15.6. The van der Waals surface area contributed by atoms with Gasteiger partial charge in [-0.25, -0.2) is 0 Å². The molecule has 1 unspecified atom stereocenters. The van der Waals surface area contributed by atoms with Gasteiger partial charge in [0, 0.05) is 16.0 Å². The van der Waals surface area contributed by atoms with E-state index in [0.29, 0.717) is 0 Å². The molecule has 0 radical (unpaired) electrons. The van der Waals surface area contributed by atoms with Crippen molar-refractivity contribution >= 4 is 26.0 Å². The van der Waals surface area contributed by atoms with Gasteiger partial charge in [0.2, 0.25) is 0 Å². The summed E-state index contributed by atoms with van der Waals surface area (Å²) in [7, 11) is -3.77. The zero-order chi connectivity index (χ0) is 17.4. The van der Waals surface area contributed by atoms with E-state index in [4.69, 9.17) is 4.18 Å². The normalized spacial score (nSPS) is 15.6. The van der Waals surface area contributed by atoms with Gasteiger partial charge in [0.05, 0.1) is 11.5 Å². The number of fused-ring (bicyclic) bond motifs is 3. The highest BCUT2D eigenvalue weighted by atomic mass is 79.9. The fourth-order valence-electron chi connectivity index (χ4n) is 3.30. The van der Waals surface area contributed by atoms with Gasteiger partial charge in [-0.1, -0.05) is 70.5 Å². The quantitative estimate of drug-likeness (QED) is 0.566. The van der Waals surface area contributed by atoms with Gasteiger partial charge in [0.25, 0.3) is 10.1 Å². The van der Waals surface area contributed by atoms with Crippen LogP contribution in [-0.2, 0) is 14.3 Å². The minimum atomic E-state index is -3.77. The van der Waals surface area contributed by atoms with E-state index >= 15 is 0 Å². The van der Waals surface area contributed by atoms with E-state index in [-0.39, 0.29) is 17.4 Å². The Kier molecular flexibility index (Phi) is 4.23. The predicted octanol–water partition coefficient (Wildman–Crippen LogP) is 4.97. The molecule has 0 N–H and O–H groups in total. The number of benzene rings is 3. The Balaban J connectivity index is 1.69. The zero-order valence-electron chi connectivity index (χ0n) is 13.2. The molecule has 126 valence electrons. The van der Waals surface area contributed by atoms with Gasteiger partial charge >= 0.3 is 0 Å². The summed E-state index contributed by atoms with van der Waals surface area (Å²) < 4.78 is 31.3. The first-order valence-corrected chi connectivity index (χ1v) is 10.1. The topological polar surface area (TPSA) is 43.4 Å². The molecule has 3 aromatic carbocycles. The summed E-state index contributed by atoms with van der Waals surface area (Å²) in [6.07, 6.45) is 0. The molecule has 0 spiro atoms. The van der Waals surface area contributed by atoms with Gasteiger partial charge in [0.15, 0.2) is 0 Å². The number of hydrogen-bond donors (Lipinski definition) is 0. The van der Waals surface area contributed by atoms with Crippen LogP contribution >= 0.6 is 15.9 Å². The molecule has 25 heavy (non-hydrogen) atoms. The van der Waals surface area contributed by atoms with Crippen molar-refractivity contribution in [1.29, 1.82) is 0 Å². The first-order chi connectivity index (χ1) is 12.1. The summed E-state index contributed by atoms with van der Waals surface area (Å²) >= 11 is 3.61. The smallest absolute Gasteiger partial charge is 0.265 e. The molecule has 0 saturated heterocycles. The molecule has 0 fully saturated rings. The minimum Gasteiger partial charge on any atom is -0.265 e. The Hall–Kier alpha value is -1.95. The molecular weight excluding hydrogens is 400 g/mol. The van der Waals surface area contributed by atoms with Crippen molar-refractivity contribution in [2.45, 2.75) is 10.8 Å². The molecule has 4 rings (SSSR count). The Labute approximate surface area is 155 Å². The van der Waals surface area contributed by atoms with E-state index in [9.17, 15) is 8.42 Å². The summed E-state index contributed by atoms with van der Waals surface area (Å²) in [5.41, 5.74) is 4.41. The first kappa shape index (κ1) is 16.5. The lowest BCUT2D eigenvalue weighted by Crippen LogP contribution is -2.13. The van der Waals surface area contributed by atoms with E-state index in [2.05, 4.69) is 22.0 Å². The van der Waals surface area contributed by atoms with Crippen molar-refractivity contribution in [3.63, 3.8) is 0 Å². The van der Waals surface area contributed by atoms with Crippen LogP contribution in [0.1, 0.15) is 17.0 Å². The molecule has 0 aliphatic heterocycles. The molecule has 0 aromatic heterocycles. The lowest BCUT2D eigenvalue weighted by atomic mass is 9.98. The van der Waals surface area contributed by atoms with Crippen molar-refractivity contribution in [3.8, 4) is 11.1 Å². The Morgan fingerprint density at radius 3 is 2.32 bits per heavy atom. The van der Waals surface area contributed by atoms with Crippen LogP contribution in [0.2, 0.25) is 0 Å². The summed E-state index contributed by atoms with van der Waals surface area (Å²) in [5.74, 6) is -0.109. The minimum absolute atomic E-state index is 0.0810. The van der Waals surface area contributed by atoms with Crippen LogP contribution in [0.4, 0.5) is 0 Å². The second-order valence-corrected chi connectivity index (χ2v) is 8.37. The van der Waals surface area contributed by atoms with Crippen molar-refractivity contribution in [2.24, 2.45) is 0 Å². The predicted molar refractivity (Wildman–Crippen MR) is 101 cm³/mol. The lowest BCUT2D eigenvalue weighted by molar-refractivity contribution is 0.307. The Morgan fingerprint density at radius 2 is 1.52 bits per heavy atom. The molecule has 0 saturated carbocycles.